The number of H-pyrrole nitrogens is 1. The second kappa shape index (κ2) is 4.14. The van der Waals surface area contributed by atoms with Gasteiger partial charge in [0, 0.05) is 17.5 Å². The smallest absolute Gasteiger partial charge is 0.130 e. The lowest BCUT2D eigenvalue weighted by Gasteiger charge is -2.05. The molecule has 0 saturated carbocycles. The summed E-state index contributed by atoms with van der Waals surface area (Å²) in [4.78, 5) is 0. The van der Waals surface area contributed by atoms with Crippen LogP contribution in [0.4, 0.5) is 4.39 Å². The second-order valence-corrected chi connectivity index (χ2v) is 4.08. The molecule has 0 fully saturated rings. The lowest BCUT2D eigenvalue weighted by Crippen LogP contribution is -1.85. The van der Waals surface area contributed by atoms with Crippen molar-refractivity contribution < 1.29 is 9.13 Å². The molecule has 0 atom stereocenters. The number of hydrogen-bond donors (Lipinski definition) is 1. The first-order valence-electron chi connectivity index (χ1n) is 5.60. The molecule has 1 heterocycles. The number of benzene rings is 2. The van der Waals surface area contributed by atoms with E-state index in [1.807, 2.05) is 25.1 Å². The summed E-state index contributed by atoms with van der Waals surface area (Å²) in [6, 6.07) is 11.7. The van der Waals surface area contributed by atoms with Crippen molar-refractivity contribution in [3.63, 3.8) is 0 Å². The first-order chi connectivity index (χ1) is 8.72. The molecule has 0 amide bonds. The lowest BCUT2D eigenvalue weighted by atomic mass is 10.2. The van der Waals surface area contributed by atoms with E-state index in [9.17, 15) is 4.39 Å². The molecule has 0 unspecified atom stereocenters. The number of nitrogens with one attached hydrogen (secondary N) is 1. The Labute approximate surface area is 103 Å². The van der Waals surface area contributed by atoms with E-state index >= 15 is 0 Å². The van der Waals surface area contributed by atoms with E-state index in [1.165, 1.54) is 12.1 Å². The Hall–Kier alpha value is -2.36. The van der Waals surface area contributed by atoms with Gasteiger partial charge in [0.05, 0.1) is 11.2 Å². The molecule has 2 aromatic carbocycles. The number of hydrogen-bond acceptors (Lipinski definition) is 2. The van der Waals surface area contributed by atoms with E-state index in [0.717, 1.165) is 16.6 Å². The van der Waals surface area contributed by atoms with Crippen molar-refractivity contribution in [1.82, 2.24) is 10.2 Å². The van der Waals surface area contributed by atoms with Crippen LogP contribution in [0.2, 0.25) is 0 Å². The molecule has 0 saturated heterocycles. The fourth-order valence-corrected chi connectivity index (χ4v) is 1.87. The van der Waals surface area contributed by atoms with Crippen molar-refractivity contribution in [2.45, 2.75) is 6.92 Å². The average Bonchev–Trinajstić information content (AvgIpc) is 2.71. The topological polar surface area (TPSA) is 37.9 Å². The number of nitrogens with zero attached hydrogens (tertiary/aromatic N) is 1. The molecule has 18 heavy (non-hydrogen) atoms. The minimum atomic E-state index is -0.314. The largest absolute Gasteiger partial charge is 0.457 e. The van der Waals surface area contributed by atoms with Gasteiger partial charge < -0.3 is 4.74 Å². The van der Waals surface area contributed by atoms with Gasteiger partial charge in [-0.05, 0) is 31.2 Å². The van der Waals surface area contributed by atoms with Crippen molar-refractivity contribution in [2.24, 2.45) is 0 Å². The number of ether oxygens (including phenoxy) is 1. The predicted octanol–water partition coefficient (Wildman–Crippen LogP) is 3.80. The SMILES string of the molecule is Cc1n[nH]c2cc(Oc3cccc(F)c3)ccc12. The molecule has 3 aromatic rings. The monoisotopic (exact) mass is 242 g/mol. The minimum Gasteiger partial charge on any atom is -0.457 e. The third-order valence-electron chi connectivity index (χ3n) is 2.76. The van der Waals surface area contributed by atoms with Gasteiger partial charge in [-0.2, -0.15) is 5.10 Å². The van der Waals surface area contributed by atoms with Crippen molar-refractivity contribution in [3.05, 3.63) is 54.0 Å². The standard InChI is InChI=1S/C14H11FN2O/c1-9-13-6-5-12(8-14(13)17-16-9)18-11-4-2-3-10(15)7-11/h2-8H,1H3,(H,16,17). The Morgan fingerprint density at radius 3 is 2.78 bits per heavy atom. The van der Waals surface area contributed by atoms with E-state index in [-0.39, 0.29) is 5.82 Å². The van der Waals surface area contributed by atoms with Gasteiger partial charge in [0.25, 0.3) is 0 Å². The number of aromatic nitrogens is 2. The van der Waals surface area contributed by atoms with Crippen molar-refractivity contribution in [2.75, 3.05) is 0 Å². The first-order valence-corrected chi connectivity index (χ1v) is 5.60. The highest BCUT2D eigenvalue weighted by molar-refractivity contribution is 5.82. The lowest BCUT2D eigenvalue weighted by molar-refractivity contribution is 0.477. The van der Waals surface area contributed by atoms with Gasteiger partial charge in [0.2, 0.25) is 0 Å². The van der Waals surface area contributed by atoms with E-state index in [4.69, 9.17) is 4.74 Å². The Kier molecular flexibility index (Phi) is 2.48. The molecule has 1 aromatic heterocycles. The van der Waals surface area contributed by atoms with Crippen LogP contribution in [0.25, 0.3) is 10.9 Å². The number of rotatable bonds is 2. The number of fused-ring (bicyclic) bond motifs is 1. The molecule has 3 nitrogen and oxygen atoms in total. The fourth-order valence-electron chi connectivity index (χ4n) is 1.87. The van der Waals surface area contributed by atoms with Gasteiger partial charge in [0.15, 0.2) is 0 Å². The number of aryl methyl sites for hydroxylation is 1. The van der Waals surface area contributed by atoms with Gasteiger partial charge >= 0.3 is 0 Å². The predicted molar refractivity (Wildman–Crippen MR) is 67.3 cm³/mol. The van der Waals surface area contributed by atoms with Crippen molar-refractivity contribution in [1.29, 1.82) is 0 Å². The molecule has 0 radical (unpaired) electrons. The highest BCUT2D eigenvalue weighted by atomic mass is 19.1. The highest BCUT2D eigenvalue weighted by Gasteiger charge is 2.04. The van der Waals surface area contributed by atoms with Crippen LogP contribution >= 0.6 is 0 Å². The number of halogens is 1. The molecule has 0 aliphatic heterocycles. The molecule has 0 aliphatic carbocycles. The summed E-state index contributed by atoms with van der Waals surface area (Å²) in [5.41, 5.74) is 1.85. The van der Waals surface area contributed by atoms with Gasteiger partial charge in [-0.25, -0.2) is 4.39 Å². The zero-order chi connectivity index (χ0) is 12.5. The maximum atomic E-state index is 13.0. The average molecular weight is 242 g/mol. The van der Waals surface area contributed by atoms with Crippen LogP contribution in [0.5, 0.6) is 11.5 Å². The molecular weight excluding hydrogens is 231 g/mol. The molecular formula is C14H11FN2O. The molecule has 0 bridgehead atoms. The van der Waals surface area contributed by atoms with Gasteiger partial charge in [0.1, 0.15) is 17.3 Å². The summed E-state index contributed by atoms with van der Waals surface area (Å²) in [7, 11) is 0. The molecule has 0 aliphatic rings. The summed E-state index contributed by atoms with van der Waals surface area (Å²) < 4.78 is 18.6. The third kappa shape index (κ3) is 1.93. The minimum absolute atomic E-state index is 0.314. The molecule has 90 valence electrons. The quantitative estimate of drug-likeness (QED) is 0.742. The van der Waals surface area contributed by atoms with Crippen LogP contribution in [-0.4, -0.2) is 10.2 Å². The van der Waals surface area contributed by atoms with E-state index in [2.05, 4.69) is 10.2 Å². The molecule has 4 heteroatoms. The second-order valence-electron chi connectivity index (χ2n) is 4.08. The van der Waals surface area contributed by atoms with E-state index < -0.39 is 0 Å². The fraction of sp³-hybridized carbons (Fsp3) is 0.0714. The molecule has 0 spiro atoms. The summed E-state index contributed by atoms with van der Waals surface area (Å²) in [5, 5.41) is 8.10. The summed E-state index contributed by atoms with van der Waals surface area (Å²) in [5.74, 6) is 0.813. The van der Waals surface area contributed by atoms with Gasteiger partial charge in [-0.1, -0.05) is 6.07 Å². The van der Waals surface area contributed by atoms with Crippen molar-refractivity contribution in [3.8, 4) is 11.5 Å². The van der Waals surface area contributed by atoms with Gasteiger partial charge in [-0.15, -0.1) is 0 Å². The zero-order valence-corrected chi connectivity index (χ0v) is 9.77. The Morgan fingerprint density at radius 1 is 1.11 bits per heavy atom. The number of aromatic amines is 1. The third-order valence-corrected chi connectivity index (χ3v) is 2.76. The van der Waals surface area contributed by atoms with Crippen LogP contribution in [0.15, 0.2) is 42.5 Å². The molecule has 1 N–H and O–H groups in total. The van der Waals surface area contributed by atoms with Gasteiger partial charge in [-0.3, -0.25) is 5.10 Å². The highest BCUT2D eigenvalue weighted by Crippen LogP contribution is 2.26. The Bertz CT molecular complexity index is 706. The van der Waals surface area contributed by atoms with E-state index in [0.29, 0.717) is 11.5 Å². The van der Waals surface area contributed by atoms with Crippen LogP contribution in [0, 0.1) is 12.7 Å². The zero-order valence-electron chi connectivity index (χ0n) is 9.77. The molecule has 3 rings (SSSR count). The van der Waals surface area contributed by atoms with Crippen LogP contribution in [0.3, 0.4) is 0 Å². The maximum Gasteiger partial charge on any atom is 0.130 e. The first kappa shape index (κ1) is 10.8. The van der Waals surface area contributed by atoms with Crippen LogP contribution in [-0.2, 0) is 0 Å². The Balaban J connectivity index is 1.95. The maximum absolute atomic E-state index is 13.0. The normalized spacial score (nSPS) is 10.8. The van der Waals surface area contributed by atoms with Crippen molar-refractivity contribution >= 4 is 10.9 Å². The van der Waals surface area contributed by atoms with Crippen LogP contribution in [0.1, 0.15) is 5.69 Å². The van der Waals surface area contributed by atoms with Crippen LogP contribution < -0.4 is 4.74 Å². The summed E-state index contributed by atoms with van der Waals surface area (Å²) >= 11 is 0. The van der Waals surface area contributed by atoms with E-state index in [1.54, 1.807) is 12.1 Å². The Morgan fingerprint density at radius 2 is 1.94 bits per heavy atom. The summed E-state index contributed by atoms with van der Waals surface area (Å²) in [6.07, 6.45) is 0. The summed E-state index contributed by atoms with van der Waals surface area (Å²) in [6.45, 7) is 1.94.